The van der Waals surface area contributed by atoms with E-state index in [-0.39, 0.29) is 0 Å². The van der Waals surface area contributed by atoms with Crippen molar-refractivity contribution in [1.82, 2.24) is 0 Å². The lowest BCUT2D eigenvalue weighted by Gasteiger charge is -2.27. The minimum absolute atomic E-state index is 0.324. The maximum atomic E-state index is 11.2. The molecule has 0 aromatic carbocycles. The van der Waals surface area contributed by atoms with Gasteiger partial charge in [-0.2, -0.15) is 0 Å². The van der Waals surface area contributed by atoms with Crippen molar-refractivity contribution in [2.24, 2.45) is 29.6 Å². The van der Waals surface area contributed by atoms with E-state index >= 15 is 0 Å². The third kappa shape index (κ3) is 4.09. The zero-order chi connectivity index (χ0) is 16.1. The Morgan fingerprint density at radius 2 is 1.91 bits per heavy atom. The molecule has 2 bridgehead atoms. The van der Waals surface area contributed by atoms with E-state index in [1.54, 1.807) is 0 Å². The number of carbonyl (C=O) groups excluding carboxylic acids is 1. The molecule has 0 aliphatic heterocycles. The van der Waals surface area contributed by atoms with Crippen LogP contribution in [0.2, 0.25) is 0 Å². The molecule has 0 spiro atoms. The van der Waals surface area contributed by atoms with Crippen LogP contribution in [-0.4, -0.2) is 6.29 Å². The molecule has 0 amide bonds. The Morgan fingerprint density at radius 1 is 1.09 bits per heavy atom. The van der Waals surface area contributed by atoms with E-state index < -0.39 is 0 Å². The zero-order valence-electron chi connectivity index (χ0n) is 15.1. The average molecular weight is 317 g/mol. The smallest absolute Gasteiger partial charge is 0.123 e. The minimum Gasteiger partial charge on any atom is -0.303 e. The number of hydrogen-bond donors (Lipinski definition) is 0. The van der Waals surface area contributed by atoms with Crippen molar-refractivity contribution < 1.29 is 4.79 Å². The second kappa shape index (κ2) is 8.49. The molecular formula is C22H36O. The van der Waals surface area contributed by atoms with E-state index in [0.29, 0.717) is 5.92 Å². The molecule has 0 radical (unpaired) electrons. The highest BCUT2D eigenvalue weighted by Crippen LogP contribution is 2.60. The Kier molecular flexibility index (Phi) is 6.36. The van der Waals surface area contributed by atoms with Gasteiger partial charge in [-0.25, -0.2) is 0 Å². The van der Waals surface area contributed by atoms with Crippen molar-refractivity contribution in [3.8, 4) is 0 Å². The quantitative estimate of drug-likeness (QED) is 0.262. The van der Waals surface area contributed by atoms with Crippen LogP contribution in [0.5, 0.6) is 0 Å². The fourth-order valence-electron chi connectivity index (χ4n) is 5.91. The van der Waals surface area contributed by atoms with Gasteiger partial charge in [0.2, 0.25) is 0 Å². The Hall–Kier alpha value is -0.590. The van der Waals surface area contributed by atoms with E-state index in [0.717, 1.165) is 36.5 Å². The molecule has 0 saturated heterocycles. The monoisotopic (exact) mass is 316 g/mol. The second-order valence-electron chi connectivity index (χ2n) is 8.52. The third-order valence-electron chi connectivity index (χ3n) is 7.08. The van der Waals surface area contributed by atoms with Gasteiger partial charge in [-0.15, -0.1) is 0 Å². The van der Waals surface area contributed by atoms with Crippen LogP contribution >= 0.6 is 0 Å². The van der Waals surface area contributed by atoms with Gasteiger partial charge in [-0.3, -0.25) is 0 Å². The summed E-state index contributed by atoms with van der Waals surface area (Å²) in [6.45, 7) is 2.24. The molecule has 3 rings (SSSR count). The summed E-state index contributed by atoms with van der Waals surface area (Å²) in [6, 6.07) is 0. The molecule has 1 nitrogen and oxygen atoms in total. The van der Waals surface area contributed by atoms with Gasteiger partial charge in [-0.1, -0.05) is 50.7 Å². The van der Waals surface area contributed by atoms with Crippen LogP contribution in [0.15, 0.2) is 11.6 Å². The molecule has 0 heterocycles. The van der Waals surface area contributed by atoms with Crippen molar-refractivity contribution in [2.75, 3.05) is 0 Å². The Bertz CT molecular complexity index is 410. The van der Waals surface area contributed by atoms with Crippen molar-refractivity contribution in [1.29, 1.82) is 0 Å². The lowest BCUT2D eigenvalue weighted by molar-refractivity contribution is -0.111. The summed E-state index contributed by atoms with van der Waals surface area (Å²) >= 11 is 0. The summed E-state index contributed by atoms with van der Waals surface area (Å²) in [6.07, 6.45) is 21.1. The highest BCUT2D eigenvalue weighted by Gasteiger charge is 2.51. The van der Waals surface area contributed by atoms with Crippen molar-refractivity contribution >= 4 is 6.29 Å². The first-order valence-electron chi connectivity index (χ1n) is 10.5. The summed E-state index contributed by atoms with van der Waals surface area (Å²) in [5.41, 5.74) is 1.81. The lowest BCUT2D eigenvalue weighted by atomic mass is 9.78. The molecule has 3 saturated carbocycles. The number of unbranched alkanes of at least 4 members (excludes halogenated alkanes) is 4. The zero-order valence-corrected chi connectivity index (χ0v) is 15.1. The van der Waals surface area contributed by atoms with Crippen LogP contribution in [0.4, 0.5) is 0 Å². The molecule has 0 N–H and O–H groups in total. The largest absolute Gasteiger partial charge is 0.303 e. The van der Waals surface area contributed by atoms with E-state index in [4.69, 9.17) is 0 Å². The SMILES string of the molecule is CCCCCCC(C=O)CCCC=C1CC2CC1C1CCCC21. The third-order valence-corrected chi connectivity index (χ3v) is 7.08. The van der Waals surface area contributed by atoms with Crippen molar-refractivity contribution in [3.63, 3.8) is 0 Å². The van der Waals surface area contributed by atoms with Gasteiger partial charge < -0.3 is 4.79 Å². The Morgan fingerprint density at radius 3 is 2.74 bits per heavy atom. The van der Waals surface area contributed by atoms with Gasteiger partial charge in [0.15, 0.2) is 0 Å². The van der Waals surface area contributed by atoms with Gasteiger partial charge in [-0.05, 0) is 75.0 Å². The number of aldehydes is 1. The molecule has 3 aliphatic carbocycles. The first-order valence-corrected chi connectivity index (χ1v) is 10.5. The first kappa shape index (κ1) is 17.2. The molecule has 130 valence electrons. The number of carbonyl (C=O) groups is 1. The van der Waals surface area contributed by atoms with Crippen LogP contribution in [0.3, 0.4) is 0 Å². The molecule has 1 heteroatoms. The second-order valence-corrected chi connectivity index (χ2v) is 8.52. The summed E-state index contributed by atoms with van der Waals surface area (Å²) in [7, 11) is 0. The summed E-state index contributed by atoms with van der Waals surface area (Å²) in [5.74, 6) is 4.48. The van der Waals surface area contributed by atoms with Crippen LogP contribution in [0.1, 0.15) is 90.4 Å². The number of hydrogen-bond acceptors (Lipinski definition) is 1. The molecule has 0 aromatic rings. The highest BCUT2D eigenvalue weighted by atomic mass is 16.1. The summed E-state index contributed by atoms with van der Waals surface area (Å²) < 4.78 is 0. The van der Waals surface area contributed by atoms with Gasteiger partial charge in [0, 0.05) is 5.92 Å². The lowest BCUT2D eigenvalue weighted by Crippen LogP contribution is -2.18. The molecule has 3 aliphatic rings. The number of rotatable bonds is 10. The Labute approximate surface area is 143 Å². The fourth-order valence-corrected chi connectivity index (χ4v) is 5.91. The highest BCUT2D eigenvalue weighted by molar-refractivity contribution is 5.53. The average Bonchev–Trinajstić information content (AvgIpc) is 3.26. The molecule has 5 unspecified atom stereocenters. The van der Waals surface area contributed by atoms with Crippen LogP contribution in [0.25, 0.3) is 0 Å². The van der Waals surface area contributed by atoms with E-state index in [9.17, 15) is 4.79 Å². The maximum absolute atomic E-state index is 11.2. The van der Waals surface area contributed by atoms with E-state index in [1.807, 2.05) is 5.57 Å². The number of fused-ring (bicyclic) bond motifs is 5. The van der Waals surface area contributed by atoms with Gasteiger partial charge in [0.1, 0.15) is 6.29 Å². The van der Waals surface area contributed by atoms with Gasteiger partial charge in [0.05, 0.1) is 0 Å². The minimum atomic E-state index is 0.324. The van der Waals surface area contributed by atoms with Gasteiger partial charge >= 0.3 is 0 Å². The number of allylic oxidation sites excluding steroid dienone is 2. The van der Waals surface area contributed by atoms with Crippen molar-refractivity contribution in [2.45, 2.75) is 90.4 Å². The first-order chi connectivity index (χ1) is 11.3. The molecular weight excluding hydrogens is 280 g/mol. The molecule has 3 fully saturated rings. The maximum Gasteiger partial charge on any atom is 0.123 e. The normalized spacial score (nSPS) is 34.9. The fraction of sp³-hybridized carbons (Fsp3) is 0.864. The van der Waals surface area contributed by atoms with Crippen LogP contribution < -0.4 is 0 Å². The predicted octanol–water partition coefficient (Wildman–Crippen LogP) is 6.32. The van der Waals surface area contributed by atoms with Crippen LogP contribution in [-0.2, 0) is 4.79 Å². The van der Waals surface area contributed by atoms with Crippen LogP contribution in [0, 0.1) is 29.6 Å². The standard InChI is InChI=1S/C22H36O/c1-2-3-4-5-9-17(16-23)10-6-7-11-18-14-19-15-22(18)21-13-8-12-20(19)21/h11,16-17,19-22H,2-10,12-15H2,1H3. The topological polar surface area (TPSA) is 17.1 Å². The Balaban J connectivity index is 1.35. The molecule has 23 heavy (non-hydrogen) atoms. The summed E-state index contributed by atoms with van der Waals surface area (Å²) in [4.78, 5) is 11.2. The summed E-state index contributed by atoms with van der Waals surface area (Å²) in [5, 5.41) is 0. The predicted molar refractivity (Wildman–Crippen MR) is 97.3 cm³/mol. The molecule has 0 aromatic heterocycles. The van der Waals surface area contributed by atoms with E-state index in [2.05, 4.69) is 13.0 Å². The van der Waals surface area contributed by atoms with Crippen molar-refractivity contribution in [3.05, 3.63) is 11.6 Å². The van der Waals surface area contributed by atoms with Gasteiger partial charge in [0.25, 0.3) is 0 Å². The molecule has 5 atom stereocenters. The van der Waals surface area contributed by atoms with E-state index in [1.165, 1.54) is 76.9 Å².